The van der Waals surface area contributed by atoms with Gasteiger partial charge in [0.25, 0.3) is 11.8 Å². The van der Waals surface area contributed by atoms with Crippen LogP contribution in [-0.2, 0) is 13.0 Å². The van der Waals surface area contributed by atoms with E-state index in [-0.39, 0.29) is 23.7 Å². The first kappa shape index (κ1) is 20.9. The number of hydrogen-bond acceptors (Lipinski definition) is 4. The van der Waals surface area contributed by atoms with Crippen LogP contribution < -0.4 is 9.80 Å². The number of carbonyl (C=O) groups is 3. The Hall–Kier alpha value is -4.00. The number of imide groups is 1. The van der Waals surface area contributed by atoms with Crippen LogP contribution >= 0.6 is 0 Å². The molecule has 4 amide bonds. The average molecular weight is 441 g/mol. The number of hydrogen-bond donors (Lipinski definition) is 0. The molecule has 1 saturated heterocycles. The molecule has 0 radical (unpaired) electrons. The first-order valence-corrected chi connectivity index (χ1v) is 11.2. The minimum Gasteiger partial charge on any atom is -0.317 e. The molecule has 0 N–H and O–H groups in total. The normalized spacial score (nSPS) is 15.5. The van der Waals surface area contributed by atoms with Crippen LogP contribution in [0.25, 0.3) is 0 Å². The Balaban J connectivity index is 1.31. The molecule has 3 aromatic rings. The van der Waals surface area contributed by atoms with Gasteiger partial charge in [0.1, 0.15) is 5.82 Å². The van der Waals surface area contributed by atoms with Crippen LogP contribution in [0, 0.1) is 0 Å². The number of rotatable bonds is 6. The third kappa shape index (κ3) is 3.75. The number of urea groups is 1. The molecule has 3 heterocycles. The van der Waals surface area contributed by atoms with Gasteiger partial charge in [-0.3, -0.25) is 14.5 Å². The number of carbonyl (C=O) groups excluding carboxylic acids is 3. The van der Waals surface area contributed by atoms with Gasteiger partial charge in [-0.2, -0.15) is 0 Å². The Morgan fingerprint density at radius 1 is 0.818 bits per heavy atom. The van der Waals surface area contributed by atoms with E-state index in [2.05, 4.69) is 24.0 Å². The fraction of sp³-hybridized carbons (Fsp3) is 0.231. The highest BCUT2D eigenvalue weighted by atomic mass is 16.2. The molecule has 2 aliphatic heterocycles. The summed E-state index contributed by atoms with van der Waals surface area (Å²) in [6.45, 7) is 3.63. The van der Waals surface area contributed by atoms with Crippen molar-refractivity contribution in [2.45, 2.75) is 26.3 Å². The summed E-state index contributed by atoms with van der Waals surface area (Å²) in [6.07, 6.45) is 2.11. The van der Waals surface area contributed by atoms with Crippen molar-refractivity contribution in [1.29, 1.82) is 0 Å². The van der Waals surface area contributed by atoms with E-state index in [9.17, 15) is 14.4 Å². The summed E-state index contributed by atoms with van der Waals surface area (Å²) >= 11 is 0. The first-order chi connectivity index (χ1) is 16.1. The maximum absolute atomic E-state index is 13.0. The highest BCUT2D eigenvalue weighted by molar-refractivity contribution is 6.34. The molecule has 7 heteroatoms. The minimum atomic E-state index is -0.379. The molecule has 5 rings (SSSR count). The van der Waals surface area contributed by atoms with E-state index in [4.69, 9.17) is 0 Å². The number of amides is 4. The van der Waals surface area contributed by atoms with Crippen LogP contribution in [0.2, 0.25) is 0 Å². The Morgan fingerprint density at radius 3 is 2.18 bits per heavy atom. The Kier molecular flexibility index (Phi) is 5.38. The van der Waals surface area contributed by atoms with Crippen molar-refractivity contribution in [3.8, 4) is 0 Å². The summed E-state index contributed by atoms with van der Waals surface area (Å²) in [4.78, 5) is 47.7. The number of anilines is 2. The highest BCUT2D eigenvalue weighted by Gasteiger charge is 2.37. The molecule has 7 nitrogen and oxygen atoms in total. The molecule has 1 aromatic heterocycles. The van der Waals surface area contributed by atoms with Crippen LogP contribution in [0.3, 0.4) is 0 Å². The van der Waals surface area contributed by atoms with E-state index in [0.29, 0.717) is 36.5 Å². The first-order valence-electron chi connectivity index (χ1n) is 11.2. The number of benzene rings is 2. The lowest BCUT2D eigenvalue weighted by atomic mass is 10.1. The van der Waals surface area contributed by atoms with E-state index in [1.165, 1.54) is 5.56 Å². The standard InChI is InChI=1S/C26H24N4O3/c1-2-6-18-11-13-20(14-12-18)29-16-15-28(26(29)33)17-19-7-5-10-23(27-19)30-24(31)21-8-3-4-9-22(21)25(30)32/h3-5,7-14H,2,6,15-17H2,1H3. The predicted molar refractivity (Wildman–Crippen MR) is 125 cm³/mol. The SMILES string of the molecule is CCCc1ccc(N2CCN(Cc3cccc(N4C(=O)c5ccccc5C4=O)n3)C2=O)cc1. The van der Waals surface area contributed by atoms with Crippen LogP contribution in [0.1, 0.15) is 45.3 Å². The van der Waals surface area contributed by atoms with Gasteiger partial charge in [-0.1, -0.05) is 43.7 Å². The van der Waals surface area contributed by atoms with E-state index in [0.717, 1.165) is 23.4 Å². The minimum absolute atomic E-state index is 0.0776. The molecule has 0 unspecified atom stereocenters. The van der Waals surface area contributed by atoms with Crippen LogP contribution in [0.5, 0.6) is 0 Å². The molecule has 2 aromatic carbocycles. The van der Waals surface area contributed by atoms with Gasteiger partial charge < -0.3 is 4.90 Å². The lowest BCUT2D eigenvalue weighted by molar-refractivity contribution is 0.0925. The summed E-state index contributed by atoms with van der Waals surface area (Å²) in [5.41, 5.74) is 3.53. The van der Waals surface area contributed by atoms with Crippen molar-refractivity contribution < 1.29 is 14.4 Å². The second-order valence-corrected chi connectivity index (χ2v) is 8.25. The number of fused-ring (bicyclic) bond motifs is 1. The summed E-state index contributed by atoms with van der Waals surface area (Å²) in [5, 5.41) is 0. The van der Waals surface area contributed by atoms with Gasteiger partial charge in [0.15, 0.2) is 0 Å². The Labute approximate surface area is 192 Å². The van der Waals surface area contributed by atoms with Crippen LogP contribution in [0.15, 0.2) is 66.7 Å². The quantitative estimate of drug-likeness (QED) is 0.537. The molecule has 0 bridgehead atoms. The molecule has 0 aliphatic carbocycles. The van der Waals surface area contributed by atoms with Crippen molar-refractivity contribution in [3.63, 3.8) is 0 Å². The number of nitrogens with zero attached hydrogens (tertiary/aromatic N) is 4. The van der Waals surface area contributed by atoms with Crippen molar-refractivity contribution in [2.24, 2.45) is 0 Å². The lowest BCUT2D eigenvalue weighted by Crippen LogP contribution is -2.32. The van der Waals surface area contributed by atoms with Crippen molar-refractivity contribution in [2.75, 3.05) is 22.9 Å². The maximum Gasteiger partial charge on any atom is 0.324 e. The molecule has 1 fully saturated rings. The molecule has 0 atom stereocenters. The van der Waals surface area contributed by atoms with E-state index in [1.54, 1.807) is 52.3 Å². The van der Waals surface area contributed by atoms with Gasteiger partial charge in [0.2, 0.25) is 0 Å². The average Bonchev–Trinajstić information content (AvgIpc) is 3.32. The van der Waals surface area contributed by atoms with Gasteiger partial charge in [0.05, 0.1) is 23.4 Å². The smallest absolute Gasteiger partial charge is 0.317 e. The summed E-state index contributed by atoms with van der Waals surface area (Å²) < 4.78 is 0. The predicted octanol–water partition coefficient (Wildman–Crippen LogP) is 4.28. The third-order valence-electron chi connectivity index (χ3n) is 6.05. The Morgan fingerprint density at radius 2 is 1.52 bits per heavy atom. The van der Waals surface area contributed by atoms with Gasteiger partial charge >= 0.3 is 6.03 Å². The number of aryl methyl sites for hydroxylation is 1. The third-order valence-corrected chi connectivity index (χ3v) is 6.05. The van der Waals surface area contributed by atoms with E-state index >= 15 is 0 Å². The van der Waals surface area contributed by atoms with Crippen LogP contribution in [-0.4, -0.2) is 40.8 Å². The second kappa shape index (κ2) is 8.50. The lowest BCUT2D eigenvalue weighted by Gasteiger charge is -2.19. The summed E-state index contributed by atoms with van der Waals surface area (Å²) in [6, 6.07) is 20.0. The van der Waals surface area contributed by atoms with Crippen molar-refractivity contribution >= 4 is 29.4 Å². The highest BCUT2D eigenvalue weighted by Crippen LogP contribution is 2.28. The van der Waals surface area contributed by atoms with Gasteiger partial charge in [-0.25, -0.2) is 14.7 Å². The molecule has 33 heavy (non-hydrogen) atoms. The Bertz CT molecular complexity index is 1200. The second-order valence-electron chi connectivity index (χ2n) is 8.25. The molecule has 166 valence electrons. The largest absolute Gasteiger partial charge is 0.324 e. The molecule has 2 aliphatic rings. The van der Waals surface area contributed by atoms with Crippen molar-refractivity contribution in [1.82, 2.24) is 9.88 Å². The monoisotopic (exact) mass is 440 g/mol. The fourth-order valence-electron chi connectivity index (χ4n) is 4.37. The molecular formula is C26H24N4O3. The zero-order valence-electron chi connectivity index (χ0n) is 18.4. The zero-order chi connectivity index (χ0) is 22.9. The van der Waals surface area contributed by atoms with E-state index < -0.39 is 0 Å². The van der Waals surface area contributed by atoms with Crippen molar-refractivity contribution in [3.05, 3.63) is 89.1 Å². The van der Waals surface area contributed by atoms with Crippen LogP contribution in [0.4, 0.5) is 16.3 Å². The number of pyridine rings is 1. The number of aromatic nitrogens is 1. The van der Waals surface area contributed by atoms with E-state index in [1.807, 2.05) is 12.1 Å². The van der Waals surface area contributed by atoms with Gasteiger partial charge in [-0.05, 0) is 48.4 Å². The zero-order valence-corrected chi connectivity index (χ0v) is 18.4. The fourth-order valence-corrected chi connectivity index (χ4v) is 4.37. The molecular weight excluding hydrogens is 416 g/mol. The molecule has 0 saturated carbocycles. The maximum atomic E-state index is 13.0. The summed E-state index contributed by atoms with van der Waals surface area (Å²) in [7, 11) is 0. The van der Waals surface area contributed by atoms with Gasteiger partial charge in [-0.15, -0.1) is 0 Å². The topological polar surface area (TPSA) is 73.8 Å². The van der Waals surface area contributed by atoms with Gasteiger partial charge in [0, 0.05) is 18.8 Å². The molecule has 0 spiro atoms. The summed E-state index contributed by atoms with van der Waals surface area (Å²) in [5.74, 6) is -0.487.